The molecule has 0 fully saturated rings. The predicted octanol–water partition coefficient (Wildman–Crippen LogP) is 4.55. The molecule has 0 aliphatic rings. The second-order valence-electron chi connectivity index (χ2n) is 4.49. The summed E-state index contributed by atoms with van der Waals surface area (Å²) in [6.07, 6.45) is 0. The van der Waals surface area contributed by atoms with E-state index < -0.39 is 11.7 Å². The van der Waals surface area contributed by atoms with Gasteiger partial charge in [-0.25, -0.2) is 4.39 Å². The van der Waals surface area contributed by atoms with Gasteiger partial charge in [-0.05, 0) is 55.8 Å². The summed E-state index contributed by atoms with van der Waals surface area (Å²) in [7, 11) is 0. The summed E-state index contributed by atoms with van der Waals surface area (Å²) in [4.78, 5) is 12.1. The molecular weight excluding hydrogens is 337 g/mol. The van der Waals surface area contributed by atoms with E-state index in [1.54, 1.807) is 18.2 Å². The maximum Gasteiger partial charge on any atom is 0.258 e. The minimum atomic E-state index is -0.556. The van der Waals surface area contributed by atoms with Gasteiger partial charge in [0.2, 0.25) is 0 Å². The molecule has 0 atom stereocenters. The fourth-order valence-corrected chi connectivity index (χ4v) is 2.26. The van der Waals surface area contributed by atoms with Crippen molar-refractivity contribution in [2.24, 2.45) is 0 Å². The molecular formula is C16H15BrFNO2. The van der Waals surface area contributed by atoms with E-state index in [1.807, 2.05) is 19.9 Å². The second-order valence-corrected chi connectivity index (χ2v) is 5.40. The van der Waals surface area contributed by atoms with Crippen LogP contribution in [0.1, 0.15) is 22.8 Å². The number of ether oxygens (including phenoxy) is 1. The van der Waals surface area contributed by atoms with Crippen molar-refractivity contribution >= 4 is 27.5 Å². The Balaban J connectivity index is 2.21. The minimum absolute atomic E-state index is 0.00217. The first-order chi connectivity index (χ1) is 10.0. The van der Waals surface area contributed by atoms with Crippen LogP contribution < -0.4 is 10.1 Å². The van der Waals surface area contributed by atoms with Crippen molar-refractivity contribution in [1.29, 1.82) is 0 Å². The van der Waals surface area contributed by atoms with Crippen LogP contribution in [0.5, 0.6) is 5.75 Å². The lowest BCUT2D eigenvalue weighted by molar-refractivity contribution is 0.102. The van der Waals surface area contributed by atoms with Crippen LogP contribution in [0, 0.1) is 12.7 Å². The van der Waals surface area contributed by atoms with Crippen LogP contribution in [-0.2, 0) is 0 Å². The zero-order valence-electron chi connectivity index (χ0n) is 11.7. The van der Waals surface area contributed by atoms with E-state index in [0.717, 1.165) is 11.3 Å². The zero-order valence-corrected chi connectivity index (χ0v) is 13.3. The molecule has 0 spiro atoms. The van der Waals surface area contributed by atoms with E-state index >= 15 is 0 Å². The molecule has 1 N–H and O–H groups in total. The largest absolute Gasteiger partial charge is 0.494 e. The summed E-state index contributed by atoms with van der Waals surface area (Å²) < 4.78 is 19.7. The number of benzene rings is 2. The molecule has 2 aromatic rings. The number of rotatable bonds is 4. The maximum absolute atomic E-state index is 13.7. The van der Waals surface area contributed by atoms with Crippen LogP contribution in [0.3, 0.4) is 0 Å². The molecule has 0 aliphatic heterocycles. The van der Waals surface area contributed by atoms with Gasteiger partial charge in [-0.15, -0.1) is 0 Å². The maximum atomic E-state index is 13.7. The molecule has 0 radical (unpaired) electrons. The number of amides is 1. The number of halogens is 2. The standard InChI is InChI=1S/C16H15BrFNO2/c1-3-21-12-5-7-15(10(2)8-12)19-16(20)13-9-11(17)4-6-14(13)18/h4-9H,3H2,1-2H3,(H,19,20). The van der Waals surface area contributed by atoms with Crippen LogP contribution in [0.2, 0.25) is 0 Å². The Labute approximate surface area is 131 Å². The summed E-state index contributed by atoms with van der Waals surface area (Å²) >= 11 is 3.23. The molecule has 2 aromatic carbocycles. The number of hydrogen-bond donors (Lipinski definition) is 1. The van der Waals surface area contributed by atoms with Crippen molar-refractivity contribution < 1.29 is 13.9 Å². The van der Waals surface area contributed by atoms with Crippen molar-refractivity contribution in [3.8, 4) is 5.75 Å². The highest BCUT2D eigenvalue weighted by Gasteiger charge is 2.13. The van der Waals surface area contributed by atoms with Crippen molar-refractivity contribution in [3.63, 3.8) is 0 Å². The van der Waals surface area contributed by atoms with Crippen molar-refractivity contribution in [1.82, 2.24) is 0 Å². The summed E-state index contributed by atoms with van der Waals surface area (Å²) in [6.45, 7) is 4.34. The molecule has 2 rings (SSSR count). The smallest absolute Gasteiger partial charge is 0.258 e. The molecule has 0 unspecified atom stereocenters. The third-order valence-corrected chi connectivity index (χ3v) is 3.42. The highest BCUT2D eigenvalue weighted by Crippen LogP contribution is 2.23. The van der Waals surface area contributed by atoms with Gasteiger partial charge in [0.1, 0.15) is 11.6 Å². The zero-order chi connectivity index (χ0) is 15.4. The van der Waals surface area contributed by atoms with Crippen LogP contribution in [0.25, 0.3) is 0 Å². The Bertz CT molecular complexity index is 673. The summed E-state index contributed by atoms with van der Waals surface area (Å²) in [5.41, 5.74) is 1.48. The van der Waals surface area contributed by atoms with Gasteiger partial charge in [0.05, 0.1) is 12.2 Å². The second kappa shape index (κ2) is 6.72. The van der Waals surface area contributed by atoms with Gasteiger partial charge in [-0.3, -0.25) is 4.79 Å². The Morgan fingerprint density at radius 1 is 1.29 bits per heavy atom. The lowest BCUT2D eigenvalue weighted by Gasteiger charge is -2.11. The first kappa shape index (κ1) is 15.5. The van der Waals surface area contributed by atoms with Gasteiger partial charge in [0.25, 0.3) is 5.91 Å². The van der Waals surface area contributed by atoms with Gasteiger partial charge < -0.3 is 10.1 Å². The van der Waals surface area contributed by atoms with Gasteiger partial charge in [0.15, 0.2) is 0 Å². The molecule has 21 heavy (non-hydrogen) atoms. The molecule has 0 bridgehead atoms. The van der Waals surface area contributed by atoms with Crippen LogP contribution in [0.4, 0.5) is 10.1 Å². The molecule has 0 aromatic heterocycles. The van der Waals surface area contributed by atoms with Crippen LogP contribution >= 0.6 is 15.9 Å². The SMILES string of the molecule is CCOc1ccc(NC(=O)c2cc(Br)ccc2F)c(C)c1. The summed E-state index contributed by atoms with van der Waals surface area (Å²) in [5, 5.41) is 2.71. The van der Waals surface area contributed by atoms with E-state index in [4.69, 9.17) is 4.74 Å². The number of nitrogens with one attached hydrogen (secondary N) is 1. The average Bonchev–Trinajstić information content (AvgIpc) is 2.44. The number of carbonyl (C=O) groups is 1. The van der Waals surface area contributed by atoms with Gasteiger partial charge in [-0.2, -0.15) is 0 Å². The Morgan fingerprint density at radius 2 is 2.05 bits per heavy atom. The quantitative estimate of drug-likeness (QED) is 0.877. The highest BCUT2D eigenvalue weighted by atomic mass is 79.9. The molecule has 0 heterocycles. The van der Waals surface area contributed by atoms with Crippen molar-refractivity contribution in [2.75, 3.05) is 11.9 Å². The summed E-state index contributed by atoms with van der Waals surface area (Å²) in [5.74, 6) is -0.304. The Morgan fingerprint density at radius 3 is 2.71 bits per heavy atom. The lowest BCUT2D eigenvalue weighted by Crippen LogP contribution is -2.14. The molecule has 0 saturated heterocycles. The van der Waals surface area contributed by atoms with Gasteiger partial charge in [0, 0.05) is 10.2 Å². The molecule has 0 aliphatic carbocycles. The number of anilines is 1. The Hall–Kier alpha value is -1.88. The molecule has 110 valence electrons. The number of hydrogen-bond acceptors (Lipinski definition) is 2. The Kier molecular flexibility index (Phi) is 4.96. The minimum Gasteiger partial charge on any atom is -0.494 e. The fourth-order valence-electron chi connectivity index (χ4n) is 1.89. The molecule has 0 saturated carbocycles. The van der Waals surface area contributed by atoms with E-state index in [2.05, 4.69) is 21.2 Å². The highest BCUT2D eigenvalue weighted by molar-refractivity contribution is 9.10. The van der Waals surface area contributed by atoms with Gasteiger partial charge >= 0.3 is 0 Å². The van der Waals surface area contributed by atoms with E-state index in [1.165, 1.54) is 12.1 Å². The molecule has 3 nitrogen and oxygen atoms in total. The van der Waals surface area contributed by atoms with Crippen LogP contribution in [-0.4, -0.2) is 12.5 Å². The predicted molar refractivity (Wildman–Crippen MR) is 84.4 cm³/mol. The molecule has 5 heteroatoms. The third-order valence-electron chi connectivity index (χ3n) is 2.93. The van der Waals surface area contributed by atoms with Crippen molar-refractivity contribution in [3.05, 3.63) is 57.8 Å². The van der Waals surface area contributed by atoms with E-state index in [-0.39, 0.29) is 5.56 Å². The number of carbonyl (C=O) groups excluding carboxylic acids is 1. The average molecular weight is 352 g/mol. The fraction of sp³-hybridized carbons (Fsp3) is 0.188. The van der Waals surface area contributed by atoms with E-state index in [0.29, 0.717) is 16.8 Å². The van der Waals surface area contributed by atoms with Crippen molar-refractivity contribution in [2.45, 2.75) is 13.8 Å². The van der Waals surface area contributed by atoms with E-state index in [9.17, 15) is 9.18 Å². The normalized spacial score (nSPS) is 10.3. The molecule has 1 amide bonds. The topological polar surface area (TPSA) is 38.3 Å². The number of aryl methyl sites for hydroxylation is 1. The summed E-state index contributed by atoms with van der Waals surface area (Å²) in [6, 6.07) is 9.60. The lowest BCUT2D eigenvalue weighted by atomic mass is 10.1. The monoisotopic (exact) mass is 351 g/mol. The first-order valence-electron chi connectivity index (χ1n) is 6.51. The van der Waals surface area contributed by atoms with Crippen LogP contribution in [0.15, 0.2) is 40.9 Å². The van der Waals surface area contributed by atoms with Gasteiger partial charge in [-0.1, -0.05) is 15.9 Å². The third kappa shape index (κ3) is 3.82. The first-order valence-corrected chi connectivity index (χ1v) is 7.30.